The molecule has 0 bridgehead atoms. The van der Waals surface area contributed by atoms with E-state index in [-0.39, 0.29) is 16.6 Å². The standard InChI is InChI=1S/C15H22O2/c1-14(2,3)11-8-12(15(4,5)6)13(17)7-10(11)9-16/h7-9,17H,1-6H3. The average molecular weight is 234 g/mol. The Morgan fingerprint density at radius 1 is 0.941 bits per heavy atom. The summed E-state index contributed by atoms with van der Waals surface area (Å²) >= 11 is 0. The van der Waals surface area contributed by atoms with Crippen molar-refractivity contribution in [2.45, 2.75) is 52.4 Å². The summed E-state index contributed by atoms with van der Waals surface area (Å²) in [5.74, 6) is 0.201. The highest BCUT2D eigenvalue weighted by atomic mass is 16.3. The molecule has 0 fully saturated rings. The summed E-state index contributed by atoms with van der Waals surface area (Å²) in [6.45, 7) is 12.4. The molecule has 17 heavy (non-hydrogen) atoms. The van der Waals surface area contributed by atoms with Crippen LogP contribution in [-0.4, -0.2) is 11.4 Å². The van der Waals surface area contributed by atoms with Crippen molar-refractivity contribution in [2.24, 2.45) is 0 Å². The van der Waals surface area contributed by atoms with Crippen LogP contribution in [0.15, 0.2) is 12.1 Å². The van der Waals surface area contributed by atoms with E-state index in [1.807, 2.05) is 6.07 Å². The largest absolute Gasteiger partial charge is 0.508 e. The van der Waals surface area contributed by atoms with Gasteiger partial charge >= 0.3 is 0 Å². The van der Waals surface area contributed by atoms with Gasteiger partial charge in [-0.1, -0.05) is 47.6 Å². The number of carbonyl (C=O) groups is 1. The molecule has 0 aliphatic carbocycles. The van der Waals surface area contributed by atoms with Crippen LogP contribution < -0.4 is 0 Å². The Morgan fingerprint density at radius 3 is 1.76 bits per heavy atom. The van der Waals surface area contributed by atoms with Crippen LogP contribution in [0.1, 0.15) is 63.0 Å². The lowest BCUT2D eigenvalue weighted by Crippen LogP contribution is -2.18. The third kappa shape index (κ3) is 2.87. The number of aromatic hydroxyl groups is 1. The highest BCUT2D eigenvalue weighted by Crippen LogP contribution is 2.36. The minimum atomic E-state index is -0.133. The molecule has 0 spiro atoms. The maximum atomic E-state index is 11.1. The van der Waals surface area contributed by atoms with Crippen LogP contribution in [0.25, 0.3) is 0 Å². The van der Waals surface area contributed by atoms with Crippen molar-refractivity contribution < 1.29 is 9.90 Å². The molecule has 0 saturated heterocycles. The molecule has 2 nitrogen and oxygen atoms in total. The first-order chi connectivity index (χ1) is 7.57. The molecule has 1 aromatic rings. The number of benzene rings is 1. The molecular weight excluding hydrogens is 212 g/mol. The number of carbonyl (C=O) groups excluding carboxylic acids is 1. The van der Waals surface area contributed by atoms with Crippen LogP contribution in [-0.2, 0) is 10.8 Å². The van der Waals surface area contributed by atoms with Gasteiger partial charge in [0.25, 0.3) is 0 Å². The van der Waals surface area contributed by atoms with Crippen LogP contribution in [0.4, 0.5) is 0 Å². The quantitative estimate of drug-likeness (QED) is 0.750. The Labute approximate surface area is 104 Å². The summed E-state index contributed by atoms with van der Waals surface area (Å²) < 4.78 is 0. The average Bonchev–Trinajstić information content (AvgIpc) is 2.13. The minimum absolute atomic E-state index is 0.107. The van der Waals surface area contributed by atoms with Crippen LogP contribution in [0, 0.1) is 0 Å². The molecule has 0 aliphatic heterocycles. The molecular formula is C15H22O2. The number of phenolic OH excluding ortho intramolecular Hbond substituents is 1. The Bertz CT molecular complexity index is 431. The molecule has 0 aliphatic rings. The molecule has 0 radical (unpaired) electrons. The Balaban J connectivity index is 3.55. The number of rotatable bonds is 1. The van der Waals surface area contributed by atoms with Gasteiger partial charge in [-0.05, 0) is 28.0 Å². The maximum Gasteiger partial charge on any atom is 0.150 e. The van der Waals surface area contributed by atoms with Crippen molar-refractivity contribution >= 4 is 6.29 Å². The van der Waals surface area contributed by atoms with Crippen LogP contribution in [0.3, 0.4) is 0 Å². The van der Waals surface area contributed by atoms with E-state index >= 15 is 0 Å². The van der Waals surface area contributed by atoms with Crippen molar-refractivity contribution in [1.82, 2.24) is 0 Å². The van der Waals surface area contributed by atoms with E-state index in [2.05, 4.69) is 41.5 Å². The van der Waals surface area contributed by atoms with Crippen molar-refractivity contribution in [1.29, 1.82) is 0 Å². The summed E-state index contributed by atoms with van der Waals surface area (Å²) in [7, 11) is 0. The summed E-state index contributed by atoms with van der Waals surface area (Å²) in [5.41, 5.74) is 2.20. The summed E-state index contributed by atoms with van der Waals surface area (Å²) in [4.78, 5) is 11.1. The fraction of sp³-hybridized carbons (Fsp3) is 0.533. The zero-order valence-electron chi connectivity index (χ0n) is 11.6. The van der Waals surface area contributed by atoms with Crippen LogP contribution in [0.2, 0.25) is 0 Å². The Hall–Kier alpha value is -1.31. The summed E-state index contributed by atoms with van der Waals surface area (Å²) in [6.07, 6.45) is 0.812. The van der Waals surface area contributed by atoms with E-state index in [1.165, 1.54) is 0 Å². The lowest BCUT2D eigenvalue weighted by atomic mass is 9.78. The lowest BCUT2D eigenvalue weighted by molar-refractivity contribution is 0.112. The highest BCUT2D eigenvalue weighted by molar-refractivity contribution is 5.79. The summed E-state index contributed by atoms with van der Waals surface area (Å²) in [6, 6.07) is 3.53. The van der Waals surface area contributed by atoms with E-state index in [0.29, 0.717) is 5.56 Å². The zero-order valence-corrected chi connectivity index (χ0v) is 11.6. The summed E-state index contributed by atoms with van der Waals surface area (Å²) in [5, 5.41) is 9.99. The molecule has 2 heteroatoms. The van der Waals surface area contributed by atoms with Gasteiger partial charge in [0.05, 0.1) is 0 Å². The van der Waals surface area contributed by atoms with Gasteiger partial charge in [0.1, 0.15) is 12.0 Å². The number of phenols is 1. The normalized spacial score (nSPS) is 12.6. The van der Waals surface area contributed by atoms with Crippen LogP contribution >= 0.6 is 0 Å². The van der Waals surface area contributed by atoms with Gasteiger partial charge in [-0.15, -0.1) is 0 Å². The van der Waals surface area contributed by atoms with Crippen molar-refractivity contribution in [2.75, 3.05) is 0 Å². The van der Waals surface area contributed by atoms with E-state index in [4.69, 9.17) is 0 Å². The third-order valence-corrected chi connectivity index (χ3v) is 2.91. The molecule has 1 rings (SSSR count). The number of hydrogen-bond donors (Lipinski definition) is 1. The molecule has 0 aromatic heterocycles. The van der Waals surface area contributed by atoms with E-state index in [9.17, 15) is 9.90 Å². The lowest BCUT2D eigenvalue weighted by Gasteiger charge is -2.27. The second-order valence-corrected chi connectivity index (χ2v) is 6.57. The SMILES string of the molecule is CC(C)(C)c1cc(C(C)(C)C)c(C=O)cc1O. The first-order valence-electron chi connectivity index (χ1n) is 5.90. The van der Waals surface area contributed by atoms with E-state index in [0.717, 1.165) is 17.4 Å². The van der Waals surface area contributed by atoms with Gasteiger partial charge in [-0.2, -0.15) is 0 Å². The molecule has 0 heterocycles. The highest BCUT2D eigenvalue weighted by Gasteiger charge is 2.24. The molecule has 1 aromatic carbocycles. The first-order valence-corrected chi connectivity index (χ1v) is 5.90. The topological polar surface area (TPSA) is 37.3 Å². The van der Waals surface area contributed by atoms with Gasteiger partial charge in [-0.25, -0.2) is 0 Å². The van der Waals surface area contributed by atoms with Crippen molar-refractivity contribution in [3.05, 3.63) is 28.8 Å². The van der Waals surface area contributed by atoms with E-state index < -0.39 is 0 Å². The van der Waals surface area contributed by atoms with Crippen LogP contribution in [0.5, 0.6) is 5.75 Å². The van der Waals surface area contributed by atoms with Gasteiger partial charge in [0.2, 0.25) is 0 Å². The molecule has 0 amide bonds. The minimum Gasteiger partial charge on any atom is -0.508 e. The van der Waals surface area contributed by atoms with Gasteiger partial charge in [0.15, 0.2) is 0 Å². The fourth-order valence-corrected chi connectivity index (χ4v) is 1.95. The third-order valence-electron chi connectivity index (χ3n) is 2.91. The smallest absolute Gasteiger partial charge is 0.150 e. The monoisotopic (exact) mass is 234 g/mol. The fourth-order valence-electron chi connectivity index (χ4n) is 1.95. The Kier molecular flexibility index (Phi) is 3.37. The van der Waals surface area contributed by atoms with Gasteiger partial charge in [-0.3, -0.25) is 4.79 Å². The zero-order chi connectivity index (χ0) is 13.4. The second kappa shape index (κ2) is 4.17. The molecule has 0 atom stereocenters. The molecule has 0 saturated carbocycles. The predicted molar refractivity (Wildman–Crippen MR) is 70.9 cm³/mol. The number of hydrogen-bond acceptors (Lipinski definition) is 2. The first kappa shape index (κ1) is 13.8. The van der Waals surface area contributed by atoms with Gasteiger partial charge in [0, 0.05) is 5.56 Å². The van der Waals surface area contributed by atoms with Crippen molar-refractivity contribution in [3.8, 4) is 5.75 Å². The van der Waals surface area contributed by atoms with Crippen molar-refractivity contribution in [3.63, 3.8) is 0 Å². The predicted octanol–water partition coefficient (Wildman–Crippen LogP) is 3.80. The van der Waals surface area contributed by atoms with E-state index in [1.54, 1.807) is 6.07 Å². The maximum absolute atomic E-state index is 11.1. The number of aldehydes is 1. The molecule has 0 unspecified atom stereocenters. The Morgan fingerprint density at radius 2 is 1.41 bits per heavy atom. The molecule has 1 N–H and O–H groups in total. The van der Waals surface area contributed by atoms with Gasteiger partial charge < -0.3 is 5.11 Å². The second-order valence-electron chi connectivity index (χ2n) is 6.57. The molecule has 94 valence electrons.